The molecule has 0 bridgehead atoms. The van der Waals surface area contributed by atoms with Crippen molar-refractivity contribution < 1.29 is 17.4 Å². The van der Waals surface area contributed by atoms with Gasteiger partial charge in [-0.25, -0.2) is 4.98 Å². The first-order chi connectivity index (χ1) is 11.4. The van der Waals surface area contributed by atoms with Crippen molar-refractivity contribution in [2.45, 2.75) is 25.0 Å². The Bertz CT molecular complexity index is 964. The highest BCUT2D eigenvalue weighted by Gasteiger charge is 2.20. The van der Waals surface area contributed by atoms with Crippen LogP contribution in [0, 0.1) is 6.39 Å². The van der Waals surface area contributed by atoms with Gasteiger partial charge >= 0.3 is 0 Å². The number of hydrogen-bond acceptors (Lipinski definition) is 4. The van der Waals surface area contributed by atoms with Crippen molar-refractivity contribution in [1.29, 1.82) is 0 Å². The second kappa shape index (κ2) is 6.66. The van der Waals surface area contributed by atoms with E-state index in [-0.39, 0.29) is 6.42 Å². The zero-order chi connectivity index (χ0) is 17.3. The molecule has 125 valence electrons. The summed E-state index contributed by atoms with van der Waals surface area (Å²) in [6.45, 7) is 1.49. The van der Waals surface area contributed by atoms with Gasteiger partial charge in [0.25, 0.3) is 16.5 Å². The lowest BCUT2D eigenvalue weighted by molar-refractivity contribution is 0.466. The standard InChI is InChI=1S/C17H15BrNO4S/c1-11(24(20,21)22)2-7-15-14(12-3-5-13(18)6-4-12)8-9-16-17(15)19-10-23-16/h3-6,8-9,11H,2,7H2,1H3,(H,20,21,22). The van der Waals surface area contributed by atoms with E-state index in [0.717, 1.165) is 21.2 Å². The number of hydrogen-bond donors (Lipinski definition) is 1. The molecule has 24 heavy (non-hydrogen) atoms. The van der Waals surface area contributed by atoms with Gasteiger partial charge in [0.1, 0.15) is 5.52 Å². The van der Waals surface area contributed by atoms with Crippen molar-refractivity contribution in [3.8, 4) is 11.1 Å². The minimum absolute atomic E-state index is 0.286. The molecular weight excluding hydrogens is 394 g/mol. The Morgan fingerprint density at radius 1 is 1.25 bits per heavy atom. The molecule has 0 saturated carbocycles. The molecule has 1 aromatic heterocycles. The third kappa shape index (κ3) is 3.53. The van der Waals surface area contributed by atoms with Crippen LogP contribution in [0.5, 0.6) is 0 Å². The average molecular weight is 409 g/mol. The first kappa shape index (κ1) is 17.1. The molecule has 1 atom stereocenters. The Hall–Kier alpha value is -1.70. The maximum absolute atomic E-state index is 11.3. The first-order valence-electron chi connectivity index (χ1n) is 7.37. The molecule has 0 aliphatic rings. The number of halogens is 1. The summed E-state index contributed by atoms with van der Waals surface area (Å²) in [6, 6.07) is 11.6. The van der Waals surface area contributed by atoms with E-state index in [9.17, 15) is 13.0 Å². The highest BCUT2D eigenvalue weighted by Crippen LogP contribution is 2.32. The molecule has 0 spiro atoms. The van der Waals surface area contributed by atoms with Gasteiger partial charge in [0, 0.05) is 4.47 Å². The van der Waals surface area contributed by atoms with Crippen LogP contribution in [0.25, 0.3) is 22.2 Å². The van der Waals surface area contributed by atoms with Crippen LogP contribution in [0.4, 0.5) is 0 Å². The number of rotatable bonds is 5. The highest BCUT2D eigenvalue weighted by atomic mass is 79.9. The Morgan fingerprint density at radius 2 is 1.96 bits per heavy atom. The molecule has 0 aliphatic heterocycles. The zero-order valence-electron chi connectivity index (χ0n) is 12.9. The minimum Gasteiger partial charge on any atom is -0.432 e. The predicted molar refractivity (Wildman–Crippen MR) is 95.3 cm³/mol. The third-order valence-corrected chi connectivity index (χ3v) is 5.80. The van der Waals surface area contributed by atoms with Crippen LogP contribution in [0.1, 0.15) is 18.9 Å². The lowest BCUT2D eigenvalue weighted by Crippen LogP contribution is -2.17. The zero-order valence-corrected chi connectivity index (χ0v) is 15.3. The van der Waals surface area contributed by atoms with E-state index in [2.05, 4.69) is 27.3 Å². The van der Waals surface area contributed by atoms with E-state index in [1.165, 1.54) is 6.92 Å². The number of aromatic nitrogens is 1. The lowest BCUT2D eigenvalue weighted by Gasteiger charge is -2.13. The molecule has 3 aromatic rings. The molecule has 0 amide bonds. The van der Waals surface area contributed by atoms with Gasteiger partial charge in [-0.3, -0.25) is 4.55 Å². The average Bonchev–Trinajstić information content (AvgIpc) is 3.01. The number of aryl methyl sites for hydroxylation is 1. The maximum atomic E-state index is 11.3. The van der Waals surface area contributed by atoms with Gasteiger partial charge in [0.05, 0.1) is 5.25 Å². The molecule has 2 aromatic carbocycles. The summed E-state index contributed by atoms with van der Waals surface area (Å²) in [6.07, 6.45) is 3.22. The Morgan fingerprint density at radius 3 is 2.62 bits per heavy atom. The molecule has 1 radical (unpaired) electrons. The fourth-order valence-corrected chi connectivity index (χ4v) is 3.27. The van der Waals surface area contributed by atoms with Gasteiger partial charge in [-0.2, -0.15) is 8.42 Å². The molecular formula is C17H15BrNO4S. The largest absolute Gasteiger partial charge is 0.432 e. The molecule has 0 aliphatic carbocycles. The molecule has 0 saturated heterocycles. The summed E-state index contributed by atoms with van der Waals surface area (Å²) >= 11 is 3.41. The first-order valence-corrected chi connectivity index (χ1v) is 9.66. The summed E-state index contributed by atoms with van der Waals surface area (Å²) in [5.74, 6) is 0. The quantitative estimate of drug-likeness (QED) is 0.637. The van der Waals surface area contributed by atoms with Gasteiger partial charge in [0.2, 0.25) is 0 Å². The van der Waals surface area contributed by atoms with E-state index in [0.29, 0.717) is 17.5 Å². The second-order valence-corrected chi connectivity index (χ2v) is 8.37. The third-order valence-electron chi connectivity index (χ3n) is 4.02. The van der Waals surface area contributed by atoms with Gasteiger partial charge in [0.15, 0.2) is 5.58 Å². The van der Waals surface area contributed by atoms with Crippen molar-refractivity contribution in [3.63, 3.8) is 0 Å². The molecule has 7 heteroatoms. The van der Waals surface area contributed by atoms with Crippen LogP contribution in [-0.4, -0.2) is 23.2 Å². The van der Waals surface area contributed by atoms with Crippen LogP contribution in [-0.2, 0) is 16.5 Å². The summed E-state index contributed by atoms with van der Waals surface area (Å²) in [4.78, 5) is 4.15. The normalized spacial score (nSPS) is 13.3. The summed E-state index contributed by atoms with van der Waals surface area (Å²) < 4.78 is 37.9. The van der Waals surface area contributed by atoms with Crippen molar-refractivity contribution >= 4 is 37.1 Å². The van der Waals surface area contributed by atoms with Gasteiger partial charge in [-0.15, -0.1) is 0 Å². The van der Waals surface area contributed by atoms with Crippen molar-refractivity contribution in [2.24, 2.45) is 0 Å². The van der Waals surface area contributed by atoms with Gasteiger partial charge in [-0.1, -0.05) is 34.1 Å². The van der Waals surface area contributed by atoms with E-state index in [1.54, 1.807) is 0 Å². The summed E-state index contributed by atoms with van der Waals surface area (Å²) in [7, 11) is -4.05. The van der Waals surface area contributed by atoms with E-state index < -0.39 is 15.4 Å². The molecule has 1 N–H and O–H groups in total. The van der Waals surface area contributed by atoms with E-state index >= 15 is 0 Å². The number of fused-ring (bicyclic) bond motifs is 1. The Labute approximate surface area is 148 Å². The topological polar surface area (TPSA) is 80.4 Å². The fraction of sp³-hybridized carbons (Fsp3) is 0.235. The molecule has 3 rings (SSSR count). The number of nitrogens with zero attached hydrogens (tertiary/aromatic N) is 1. The highest BCUT2D eigenvalue weighted by molar-refractivity contribution is 9.10. The molecule has 1 unspecified atom stereocenters. The van der Waals surface area contributed by atoms with Crippen LogP contribution in [0.15, 0.2) is 45.3 Å². The van der Waals surface area contributed by atoms with Crippen LogP contribution in [0.3, 0.4) is 0 Å². The van der Waals surface area contributed by atoms with Gasteiger partial charge in [-0.05, 0) is 54.7 Å². The van der Waals surface area contributed by atoms with Crippen molar-refractivity contribution in [1.82, 2.24) is 4.98 Å². The van der Waals surface area contributed by atoms with Crippen LogP contribution < -0.4 is 0 Å². The second-order valence-electron chi connectivity index (χ2n) is 5.61. The lowest BCUT2D eigenvalue weighted by atomic mass is 9.95. The predicted octanol–water partition coefficient (Wildman–Crippen LogP) is 4.27. The fourth-order valence-electron chi connectivity index (χ4n) is 2.59. The molecule has 1 heterocycles. The van der Waals surface area contributed by atoms with Crippen molar-refractivity contribution in [2.75, 3.05) is 0 Å². The smallest absolute Gasteiger partial charge is 0.284 e. The van der Waals surface area contributed by atoms with Crippen molar-refractivity contribution in [3.05, 3.63) is 52.8 Å². The SMILES string of the molecule is CC(CCc1c(-c2ccc(Br)cc2)ccc2o[c]nc12)S(=O)(=O)O. The van der Waals surface area contributed by atoms with Gasteiger partial charge < -0.3 is 4.42 Å². The van der Waals surface area contributed by atoms with Crippen LogP contribution >= 0.6 is 15.9 Å². The molecule has 0 fully saturated rings. The summed E-state index contributed by atoms with van der Waals surface area (Å²) in [5, 5.41) is -0.846. The number of benzene rings is 2. The molecule has 5 nitrogen and oxygen atoms in total. The monoisotopic (exact) mass is 408 g/mol. The van der Waals surface area contributed by atoms with E-state index in [4.69, 9.17) is 4.42 Å². The minimum atomic E-state index is -4.05. The maximum Gasteiger partial charge on any atom is 0.284 e. The van der Waals surface area contributed by atoms with Crippen LogP contribution in [0.2, 0.25) is 0 Å². The van der Waals surface area contributed by atoms with E-state index in [1.807, 2.05) is 36.4 Å². The Balaban J connectivity index is 2.04. The summed E-state index contributed by atoms with van der Waals surface area (Å²) in [5.41, 5.74) is 4.11. The number of oxazole rings is 1. The Kier molecular flexibility index (Phi) is 4.76.